The lowest BCUT2D eigenvalue weighted by Gasteiger charge is -2.41. The maximum absolute atomic E-state index is 11.3. The van der Waals surface area contributed by atoms with E-state index in [-0.39, 0.29) is 16.6 Å². The van der Waals surface area contributed by atoms with Crippen LogP contribution in [-0.4, -0.2) is 31.3 Å². The van der Waals surface area contributed by atoms with Gasteiger partial charge in [0.25, 0.3) is 0 Å². The summed E-state index contributed by atoms with van der Waals surface area (Å²) in [6, 6.07) is 22.9. The maximum Gasteiger partial charge on any atom is 0.224 e. The van der Waals surface area contributed by atoms with E-state index in [1.807, 2.05) is 24.3 Å². The molecule has 2 aliphatic carbocycles. The van der Waals surface area contributed by atoms with Crippen LogP contribution in [0.15, 0.2) is 60.7 Å². The SMILES string of the molecule is N#CCC1(c2ccccc2)CCC(=O)CC1.[C-]#[N+]CC1(c2ccccc2)CCC2(CC1)OCCO2. The van der Waals surface area contributed by atoms with Crippen LogP contribution in [0.3, 0.4) is 0 Å². The Morgan fingerprint density at radius 1 is 0.800 bits per heavy atom. The standard InChI is InChI=1S/C16H19NO2.C14H15NO/c1-17-13-15(14-5-3-2-4-6-14)7-9-16(10-8-15)18-11-12-19-16;15-11-10-14(8-6-13(16)7-9-14)12-4-2-1-3-5-12/h2-6H,7-13H2;1-5H,6-10H2. The summed E-state index contributed by atoms with van der Waals surface area (Å²) in [5.74, 6) is -0.00942. The normalized spacial score (nSPS) is 21.8. The Morgan fingerprint density at radius 2 is 1.31 bits per heavy atom. The predicted octanol–water partition coefficient (Wildman–Crippen LogP) is 6.14. The molecule has 0 atom stereocenters. The first-order chi connectivity index (χ1) is 17.1. The molecule has 0 bridgehead atoms. The van der Waals surface area contributed by atoms with Crippen LogP contribution in [0, 0.1) is 17.9 Å². The molecule has 1 spiro atoms. The lowest BCUT2D eigenvalue weighted by atomic mass is 9.67. The predicted molar refractivity (Wildman–Crippen MR) is 135 cm³/mol. The summed E-state index contributed by atoms with van der Waals surface area (Å²) in [5.41, 5.74) is 2.41. The van der Waals surface area contributed by atoms with Gasteiger partial charge in [-0.25, -0.2) is 6.57 Å². The Kier molecular flexibility index (Phi) is 8.01. The van der Waals surface area contributed by atoms with Crippen LogP contribution in [0.1, 0.15) is 68.9 Å². The van der Waals surface area contributed by atoms with Crippen molar-refractivity contribution in [1.29, 1.82) is 5.26 Å². The highest BCUT2D eigenvalue weighted by atomic mass is 16.7. The minimum atomic E-state index is -0.347. The summed E-state index contributed by atoms with van der Waals surface area (Å²) >= 11 is 0. The average Bonchev–Trinajstić information content (AvgIpc) is 3.37. The Labute approximate surface area is 208 Å². The summed E-state index contributed by atoms with van der Waals surface area (Å²) < 4.78 is 11.6. The van der Waals surface area contributed by atoms with Crippen molar-refractivity contribution in [2.24, 2.45) is 0 Å². The van der Waals surface area contributed by atoms with Crippen LogP contribution >= 0.6 is 0 Å². The van der Waals surface area contributed by atoms with E-state index < -0.39 is 0 Å². The number of Topliss-reactive ketones (excluding diaryl/α,β-unsaturated/α-hetero) is 1. The van der Waals surface area contributed by atoms with E-state index >= 15 is 0 Å². The molecule has 0 aromatic heterocycles. The highest BCUT2D eigenvalue weighted by Gasteiger charge is 2.48. The number of hydrogen-bond acceptors (Lipinski definition) is 4. The first kappa shape index (κ1) is 25.1. The zero-order chi connectivity index (χ0) is 24.6. The van der Waals surface area contributed by atoms with Gasteiger partial charge in [0, 0.05) is 37.5 Å². The molecule has 5 rings (SSSR count). The monoisotopic (exact) mass is 470 g/mol. The fourth-order valence-electron chi connectivity index (χ4n) is 5.89. The molecule has 1 aliphatic heterocycles. The summed E-state index contributed by atoms with van der Waals surface area (Å²) in [6.07, 6.45) is 7.15. The van der Waals surface area contributed by atoms with Gasteiger partial charge in [-0.05, 0) is 36.8 Å². The Morgan fingerprint density at radius 3 is 1.80 bits per heavy atom. The highest BCUT2D eigenvalue weighted by Crippen LogP contribution is 2.46. The van der Waals surface area contributed by atoms with Crippen molar-refractivity contribution in [2.75, 3.05) is 19.8 Å². The zero-order valence-electron chi connectivity index (χ0n) is 20.4. The fourth-order valence-corrected chi connectivity index (χ4v) is 5.89. The maximum atomic E-state index is 11.3. The van der Waals surface area contributed by atoms with Gasteiger partial charge in [-0.2, -0.15) is 5.26 Å². The van der Waals surface area contributed by atoms with E-state index in [1.165, 1.54) is 11.1 Å². The molecule has 2 aromatic carbocycles. The van der Waals surface area contributed by atoms with Crippen molar-refractivity contribution in [2.45, 2.75) is 74.4 Å². The van der Waals surface area contributed by atoms with Gasteiger partial charge in [0.2, 0.25) is 6.54 Å². The molecular weight excluding hydrogens is 436 g/mol. The number of carbonyl (C=O) groups is 1. The van der Waals surface area contributed by atoms with E-state index in [2.05, 4.69) is 47.3 Å². The minimum Gasteiger partial charge on any atom is -0.348 e. The lowest BCUT2D eigenvalue weighted by molar-refractivity contribution is -0.184. The first-order valence-electron chi connectivity index (χ1n) is 12.7. The molecule has 182 valence electrons. The average molecular weight is 471 g/mol. The topological polar surface area (TPSA) is 63.7 Å². The van der Waals surface area contributed by atoms with Gasteiger partial charge in [0.15, 0.2) is 5.79 Å². The van der Waals surface area contributed by atoms with Crippen molar-refractivity contribution in [3.8, 4) is 6.07 Å². The molecular formula is C30H34N2O3. The third-order valence-corrected chi connectivity index (χ3v) is 8.12. The van der Waals surface area contributed by atoms with Gasteiger partial charge in [-0.15, -0.1) is 0 Å². The molecule has 5 nitrogen and oxygen atoms in total. The zero-order valence-corrected chi connectivity index (χ0v) is 20.4. The molecule has 2 saturated carbocycles. The van der Waals surface area contributed by atoms with Crippen molar-refractivity contribution in [3.63, 3.8) is 0 Å². The second kappa shape index (κ2) is 11.2. The molecule has 1 heterocycles. The Balaban J connectivity index is 0.000000168. The summed E-state index contributed by atoms with van der Waals surface area (Å²) in [4.78, 5) is 15.0. The molecule has 0 unspecified atom stereocenters. The number of nitriles is 1. The smallest absolute Gasteiger partial charge is 0.224 e. The van der Waals surface area contributed by atoms with Crippen LogP contribution in [0.5, 0.6) is 0 Å². The van der Waals surface area contributed by atoms with E-state index in [0.717, 1.165) is 38.5 Å². The lowest BCUT2D eigenvalue weighted by Crippen LogP contribution is -2.43. The van der Waals surface area contributed by atoms with Gasteiger partial charge in [-0.1, -0.05) is 60.7 Å². The van der Waals surface area contributed by atoms with Crippen LogP contribution in [-0.2, 0) is 25.1 Å². The Hall–Kier alpha value is -2.99. The largest absolute Gasteiger partial charge is 0.348 e. The van der Waals surface area contributed by atoms with Crippen LogP contribution < -0.4 is 0 Å². The number of nitrogens with zero attached hydrogens (tertiary/aromatic N) is 2. The summed E-state index contributed by atoms with van der Waals surface area (Å²) in [5, 5.41) is 8.98. The molecule has 3 fully saturated rings. The molecule has 0 amide bonds. The quantitative estimate of drug-likeness (QED) is 0.503. The van der Waals surface area contributed by atoms with Crippen molar-refractivity contribution in [3.05, 3.63) is 83.2 Å². The third-order valence-electron chi connectivity index (χ3n) is 8.12. The molecule has 0 N–H and O–H groups in total. The minimum absolute atomic E-state index is 0.0103. The summed E-state index contributed by atoms with van der Waals surface area (Å²) in [7, 11) is 0. The van der Waals surface area contributed by atoms with Gasteiger partial charge in [0.05, 0.1) is 24.7 Å². The van der Waals surface area contributed by atoms with Crippen molar-refractivity contribution >= 4 is 5.78 Å². The van der Waals surface area contributed by atoms with E-state index in [4.69, 9.17) is 21.3 Å². The Bertz CT molecular complexity index is 1040. The van der Waals surface area contributed by atoms with Crippen LogP contribution in [0.25, 0.3) is 4.85 Å². The number of hydrogen-bond donors (Lipinski definition) is 0. The second-order valence-corrected chi connectivity index (χ2v) is 10.1. The van der Waals surface area contributed by atoms with Crippen molar-refractivity contribution < 1.29 is 14.3 Å². The third kappa shape index (κ3) is 5.64. The van der Waals surface area contributed by atoms with Gasteiger partial charge in [-0.3, -0.25) is 4.79 Å². The van der Waals surface area contributed by atoms with Gasteiger partial charge < -0.3 is 14.3 Å². The van der Waals surface area contributed by atoms with E-state index in [0.29, 0.717) is 44.8 Å². The number of carbonyl (C=O) groups excluding carboxylic acids is 1. The van der Waals surface area contributed by atoms with E-state index in [1.54, 1.807) is 0 Å². The molecule has 3 aliphatic rings. The molecule has 2 aromatic rings. The number of rotatable bonds is 4. The van der Waals surface area contributed by atoms with Gasteiger partial charge >= 0.3 is 0 Å². The molecule has 5 heteroatoms. The van der Waals surface area contributed by atoms with Crippen LogP contribution in [0.4, 0.5) is 0 Å². The number of ketones is 1. The fraction of sp³-hybridized carbons (Fsp3) is 0.500. The second-order valence-electron chi connectivity index (χ2n) is 10.1. The number of ether oxygens (including phenoxy) is 2. The van der Waals surface area contributed by atoms with E-state index in [9.17, 15) is 4.79 Å². The van der Waals surface area contributed by atoms with Crippen molar-refractivity contribution in [1.82, 2.24) is 0 Å². The molecule has 0 radical (unpaired) electrons. The van der Waals surface area contributed by atoms with Gasteiger partial charge in [0.1, 0.15) is 5.78 Å². The first-order valence-corrected chi connectivity index (χ1v) is 12.7. The van der Waals surface area contributed by atoms with Crippen LogP contribution in [0.2, 0.25) is 0 Å². The molecule has 1 saturated heterocycles. The summed E-state index contributed by atoms with van der Waals surface area (Å²) in [6.45, 7) is 9.26. The number of benzene rings is 2. The molecule has 35 heavy (non-hydrogen) atoms. The highest BCUT2D eigenvalue weighted by molar-refractivity contribution is 5.79.